The molecule has 3 aliphatic rings. The number of carbonyl (C=O) groups excluding carboxylic acids is 1. The van der Waals surface area contributed by atoms with E-state index in [0.717, 1.165) is 29.2 Å². The molecular weight excluding hydrogens is 325 g/mol. The zero-order valence-corrected chi connectivity index (χ0v) is 14.9. The number of benzene rings is 2. The monoisotopic (exact) mass is 345 g/mol. The Morgan fingerprint density at radius 2 is 1.96 bits per heavy atom. The average molecular weight is 345 g/mol. The van der Waals surface area contributed by atoms with Gasteiger partial charge in [-0.2, -0.15) is 0 Å². The summed E-state index contributed by atoms with van der Waals surface area (Å²) >= 11 is 0. The zero-order valence-electron chi connectivity index (χ0n) is 14.9. The fraction of sp³-hybridized carbons (Fsp3) is 0.286. The van der Waals surface area contributed by atoms with Gasteiger partial charge in [-0.1, -0.05) is 17.6 Å². The molecule has 0 saturated carbocycles. The molecule has 1 unspecified atom stereocenters. The van der Waals surface area contributed by atoms with Crippen LogP contribution in [-0.4, -0.2) is 20.4 Å². The molecule has 3 atom stereocenters. The lowest BCUT2D eigenvalue weighted by molar-refractivity contribution is 0.101. The number of anilines is 1. The van der Waals surface area contributed by atoms with Gasteiger partial charge in [0.1, 0.15) is 7.85 Å². The smallest absolute Gasteiger partial charge is 0.231 e. The van der Waals surface area contributed by atoms with Gasteiger partial charge in [-0.15, -0.1) is 0 Å². The van der Waals surface area contributed by atoms with Crippen molar-refractivity contribution in [3.8, 4) is 11.5 Å². The van der Waals surface area contributed by atoms with E-state index in [-0.39, 0.29) is 11.8 Å². The van der Waals surface area contributed by atoms with Crippen LogP contribution in [0.15, 0.2) is 42.5 Å². The standard InChI is InChI=1S/C21H20BNO3/c1-11(24)12-5-6-18-15(7-12)13-3-2-4-14(13)21(23-18)16-8-19-20(9-17(16)22)26-10-25-19/h2-3,5-9,13-14,21,23H,4,10,22H2,1H3/t13-,14+,21?/m1/s1. The van der Waals surface area contributed by atoms with Gasteiger partial charge < -0.3 is 14.8 Å². The van der Waals surface area contributed by atoms with Gasteiger partial charge in [0.05, 0.1) is 6.04 Å². The maximum atomic E-state index is 11.8. The summed E-state index contributed by atoms with van der Waals surface area (Å²) in [5.74, 6) is 2.53. The highest BCUT2D eigenvalue weighted by atomic mass is 16.7. The number of ether oxygens (including phenoxy) is 2. The molecule has 0 aromatic heterocycles. The second-order valence-corrected chi connectivity index (χ2v) is 7.40. The quantitative estimate of drug-likeness (QED) is 0.517. The van der Waals surface area contributed by atoms with Gasteiger partial charge in [0, 0.05) is 17.2 Å². The summed E-state index contributed by atoms with van der Waals surface area (Å²) < 4.78 is 11.1. The van der Waals surface area contributed by atoms with Crippen LogP contribution in [0.25, 0.3) is 0 Å². The first kappa shape index (κ1) is 15.6. The van der Waals surface area contributed by atoms with Crippen molar-refractivity contribution in [3.05, 3.63) is 59.2 Å². The van der Waals surface area contributed by atoms with Crippen LogP contribution >= 0.6 is 0 Å². The minimum atomic E-state index is 0.111. The molecule has 1 N–H and O–H groups in total. The van der Waals surface area contributed by atoms with Crippen molar-refractivity contribution in [3.63, 3.8) is 0 Å². The first-order valence-corrected chi connectivity index (χ1v) is 9.10. The highest BCUT2D eigenvalue weighted by molar-refractivity contribution is 6.33. The van der Waals surface area contributed by atoms with E-state index in [1.165, 1.54) is 16.6 Å². The predicted octanol–water partition coefficient (Wildman–Crippen LogP) is 2.70. The third-order valence-corrected chi connectivity index (χ3v) is 5.87. The van der Waals surface area contributed by atoms with Gasteiger partial charge in [-0.05, 0) is 60.7 Å². The van der Waals surface area contributed by atoms with Gasteiger partial charge >= 0.3 is 0 Å². The van der Waals surface area contributed by atoms with E-state index in [1.54, 1.807) is 6.92 Å². The topological polar surface area (TPSA) is 47.6 Å². The molecule has 0 radical (unpaired) electrons. The number of nitrogens with one attached hydrogen (secondary N) is 1. The van der Waals surface area contributed by atoms with Crippen LogP contribution in [0.3, 0.4) is 0 Å². The number of hydrogen-bond donors (Lipinski definition) is 1. The van der Waals surface area contributed by atoms with Crippen molar-refractivity contribution in [2.24, 2.45) is 5.92 Å². The van der Waals surface area contributed by atoms with E-state index >= 15 is 0 Å². The first-order chi connectivity index (χ1) is 12.6. The van der Waals surface area contributed by atoms with Gasteiger partial charge in [0.15, 0.2) is 17.3 Å². The summed E-state index contributed by atoms with van der Waals surface area (Å²) in [6.45, 7) is 1.92. The Bertz CT molecular complexity index is 953. The summed E-state index contributed by atoms with van der Waals surface area (Å²) in [7, 11) is 2.13. The Morgan fingerprint density at radius 3 is 2.77 bits per heavy atom. The van der Waals surface area contributed by atoms with E-state index in [1.807, 2.05) is 12.1 Å². The second-order valence-electron chi connectivity index (χ2n) is 7.40. The lowest BCUT2D eigenvalue weighted by Gasteiger charge is -2.38. The number of ketones is 1. The van der Waals surface area contributed by atoms with Crippen LogP contribution in [0, 0.1) is 5.92 Å². The maximum absolute atomic E-state index is 11.8. The minimum Gasteiger partial charge on any atom is -0.454 e. The molecule has 4 nitrogen and oxygen atoms in total. The van der Waals surface area contributed by atoms with Gasteiger partial charge in [0.2, 0.25) is 6.79 Å². The molecule has 5 rings (SSSR count). The summed E-state index contributed by atoms with van der Waals surface area (Å²) in [5, 5.41) is 3.74. The van der Waals surface area contributed by atoms with Crippen molar-refractivity contribution >= 4 is 24.8 Å². The van der Waals surface area contributed by atoms with Crippen LogP contribution in [0.2, 0.25) is 0 Å². The molecule has 2 aliphatic heterocycles. The SMILES string of the molecule is Bc1cc2c(cc1C1Nc3ccc(C(C)=O)cc3[C@@H]3C=CC[C@H]13)OCO2. The highest BCUT2D eigenvalue weighted by Crippen LogP contribution is 2.50. The van der Waals surface area contributed by atoms with Gasteiger partial charge in [0.25, 0.3) is 0 Å². The van der Waals surface area contributed by atoms with Crippen molar-refractivity contribution in [1.29, 1.82) is 0 Å². The largest absolute Gasteiger partial charge is 0.454 e. The van der Waals surface area contributed by atoms with E-state index in [4.69, 9.17) is 9.47 Å². The highest BCUT2D eigenvalue weighted by Gasteiger charge is 2.39. The number of rotatable bonds is 2. The van der Waals surface area contributed by atoms with E-state index in [0.29, 0.717) is 18.6 Å². The summed E-state index contributed by atoms with van der Waals surface area (Å²) in [6, 6.07) is 10.4. The van der Waals surface area contributed by atoms with E-state index in [9.17, 15) is 4.79 Å². The molecule has 5 heteroatoms. The van der Waals surface area contributed by atoms with E-state index in [2.05, 4.69) is 43.5 Å². The molecule has 2 aromatic carbocycles. The Balaban J connectivity index is 1.59. The fourth-order valence-electron chi connectivity index (χ4n) is 4.52. The molecular formula is C21H20BNO3. The molecule has 130 valence electrons. The van der Waals surface area contributed by atoms with Crippen LogP contribution in [0.5, 0.6) is 11.5 Å². The number of fused-ring (bicyclic) bond motifs is 4. The number of hydrogen-bond acceptors (Lipinski definition) is 4. The molecule has 0 saturated heterocycles. The Hall–Kier alpha value is -2.69. The predicted molar refractivity (Wildman–Crippen MR) is 104 cm³/mol. The molecule has 2 heterocycles. The van der Waals surface area contributed by atoms with Crippen LogP contribution in [-0.2, 0) is 0 Å². The molecule has 0 amide bonds. The number of Topliss-reactive ketones (excluding diaryl/α,β-unsaturated/α-hetero) is 1. The molecule has 0 spiro atoms. The van der Waals surface area contributed by atoms with Crippen molar-refractivity contribution in [2.75, 3.05) is 12.1 Å². The first-order valence-electron chi connectivity index (χ1n) is 9.10. The second kappa shape index (κ2) is 5.66. The van der Waals surface area contributed by atoms with Crippen LogP contribution in [0.4, 0.5) is 5.69 Å². The van der Waals surface area contributed by atoms with Crippen LogP contribution in [0.1, 0.15) is 46.8 Å². The van der Waals surface area contributed by atoms with Crippen molar-refractivity contribution < 1.29 is 14.3 Å². The van der Waals surface area contributed by atoms with Crippen molar-refractivity contribution in [2.45, 2.75) is 25.3 Å². The molecule has 2 aromatic rings. The van der Waals surface area contributed by atoms with E-state index < -0.39 is 0 Å². The lowest BCUT2D eigenvalue weighted by Crippen LogP contribution is -2.32. The molecule has 0 bridgehead atoms. The minimum absolute atomic E-state index is 0.111. The third-order valence-electron chi connectivity index (χ3n) is 5.87. The van der Waals surface area contributed by atoms with Crippen LogP contribution < -0.4 is 20.3 Å². The van der Waals surface area contributed by atoms with Gasteiger partial charge in [-0.3, -0.25) is 4.79 Å². The zero-order chi connectivity index (χ0) is 17.8. The molecule has 1 aliphatic carbocycles. The third kappa shape index (κ3) is 2.27. The Morgan fingerprint density at radius 1 is 1.15 bits per heavy atom. The van der Waals surface area contributed by atoms with Gasteiger partial charge in [-0.25, -0.2) is 0 Å². The lowest BCUT2D eigenvalue weighted by atomic mass is 9.73. The Labute approximate surface area is 153 Å². The maximum Gasteiger partial charge on any atom is 0.231 e. The average Bonchev–Trinajstić information content (AvgIpc) is 3.29. The summed E-state index contributed by atoms with van der Waals surface area (Å²) in [5.41, 5.74) is 5.59. The summed E-state index contributed by atoms with van der Waals surface area (Å²) in [6.07, 6.45) is 5.59. The fourth-order valence-corrected chi connectivity index (χ4v) is 4.52. The number of carbonyl (C=O) groups is 1. The molecule has 26 heavy (non-hydrogen) atoms. The Kier molecular flexibility index (Phi) is 3.39. The number of allylic oxidation sites excluding steroid dienone is 2. The normalized spacial score (nSPS) is 24.7. The molecule has 0 fully saturated rings. The summed E-state index contributed by atoms with van der Waals surface area (Å²) in [4.78, 5) is 11.8. The van der Waals surface area contributed by atoms with Crippen molar-refractivity contribution in [1.82, 2.24) is 0 Å².